The van der Waals surface area contributed by atoms with E-state index in [0.717, 1.165) is 33.3 Å². The Hall–Kier alpha value is -2.68. The van der Waals surface area contributed by atoms with Crippen molar-refractivity contribution in [3.63, 3.8) is 0 Å². The van der Waals surface area contributed by atoms with E-state index in [9.17, 15) is 0 Å². The highest BCUT2D eigenvalue weighted by Crippen LogP contribution is 2.27. The molecule has 0 spiro atoms. The predicted molar refractivity (Wildman–Crippen MR) is 81.6 cm³/mol. The van der Waals surface area contributed by atoms with Crippen LogP contribution in [0, 0.1) is 6.92 Å². The molecule has 0 saturated heterocycles. The Balaban J connectivity index is 2.04. The topological polar surface area (TPSA) is 41.6 Å². The highest BCUT2D eigenvalue weighted by molar-refractivity contribution is 5.94. The molecule has 0 saturated carbocycles. The molecule has 0 amide bonds. The summed E-state index contributed by atoms with van der Waals surface area (Å²) in [5.41, 5.74) is 5.36. The summed E-state index contributed by atoms with van der Waals surface area (Å²) in [4.78, 5) is 12.6. The summed E-state index contributed by atoms with van der Waals surface area (Å²) in [5.74, 6) is 0.896. The van der Waals surface area contributed by atoms with Gasteiger partial charge < -0.3 is 4.98 Å². The number of imidazole rings is 1. The molecule has 0 atom stereocenters. The third kappa shape index (κ3) is 1.60. The number of pyridine rings is 1. The number of aryl methyl sites for hydroxylation is 1. The highest BCUT2D eigenvalue weighted by Gasteiger charge is 2.09. The molecule has 2 heterocycles. The van der Waals surface area contributed by atoms with Gasteiger partial charge in [-0.1, -0.05) is 30.3 Å². The molecule has 3 nitrogen and oxygen atoms in total. The molecular formula is C17H13N3. The minimum atomic E-state index is 0.896. The molecular weight excluding hydrogens is 246 g/mol. The lowest BCUT2D eigenvalue weighted by Crippen LogP contribution is -1.85. The van der Waals surface area contributed by atoms with Gasteiger partial charge in [-0.15, -0.1) is 0 Å². The molecule has 0 unspecified atom stereocenters. The number of fused-ring (bicyclic) bond motifs is 2. The first kappa shape index (κ1) is 11.2. The molecule has 0 aliphatic heterocycles. The SMILES string of the molecule is Cc1cccc2[nH]c(-c3cccc4ncccc34)nc12. The Labute approximate surface area is 116 Å². The molecule has 2 aromatic heterocycles. The van der Waals surface area contributed by atoms with Gasteiger partial charge in [0.1, 0.15) is 5.82 Å². The summed E-state index contributed by atoms with van der Waals surface area (Å²) in [6, 6.07) is 16.3. The van der Waals surface area contributed by atoms with Gasteiger partial charge >= 0.3 is 0 Å². The fourth-order valence-electron chi connectivity index (χ4n) is 2.61. The minimum Gasteiger partial charge on any atom is -0.338 e. The molecule has 3 heteroatoms. The average molecular weight is 259 g/mol. The van der Waals surface area contributed by atoms with Crippen molar-refractivity contribution >= 4 is 21.9 Å². The van der Waals surface area contributed by atoms with Crippen LogP contribution in [0.4, 0.5) is 0 Å². The van der Waals surface area contributed by atoms with Crippen LogP contribution >= 0.6 is 0 Å². The first-order valence-corrected chi connectivity index (χ1v) is 6.62. The summed E-state index contributed by atoms with van der Waals surface area (Å²) >= 11 is 0. The average Bonchev–Trinajstić information content (AvgIpc) is 2.92. The zero-order valence-corrected chi connectivity index (χ0v) is 11.1. The van der Waals surface area contributed by atoms with E-state index < -0.39 is 0 Å². The van der Waals surface area contributed by atoms with Crippen LogP contribution in [0.2, 0.25) is 0 Å². The number of nitrogens with zero attached hydrogens (tertiary/aromatic N) is 2. The van der Waals surface area contributed by atoms with Gasteiger partial charge in [0.2, 0.25) is 0 Å². The Morgan fingerprint density at radius 2 is 1.85 bits per heavy atom. The number of benzene rings is 2. The van der Waals surface area contributed by atoms with Crippen LogP contribution in [0.5, 0.6) is 0 Å². The largest absolute Gasteiger partial charge is 0.338 e. The molecule has 20 heavy (non-hydrogen) atoms. The summed E-state index contributed by atoms with van der Waals surface area (Å²) < 4.78 is 0. The summed E-state index contributed by atoms with van der Waals surface area (Å²) in [6.45, 7) is 2.08. The minimum absolute atomic E-state index is 0.896. The van der Waals surface area contributed by atoms with E-state index in [4.69, 9.17) is 4.98 Å². The number of H-pyrrole nitrogens is 1. The van der Waals surface area contributed by atoms with Crippen molar-refractivity contribution in [1.29, 1.82) is 0 Å². The van der Waals surface area contributed by atoms with Crippen LogP contribution in [0.15, 0.2) is 54.7 Å². The smallest absolute Gasteiger partial charge is 0.139 e. The van der Waals surface area contributed by atoms with Crippen molar-refractivity contribution in [3.05, 3.63) is 60.3 Å². The second kappa shape index (κ2) is 4.17. The molecule has 4 aromatic rings. The van der Waals surface area contributed by atoms with Gasteiger partial charge in [0.05, 0.1) is 16.6 Å². The van der Waals surface area contributed by atoms with Crippen LogP contribution in [0.1, 0.15) is 5.56 Å². The van der Waals surface area contributed by atoms with Crippen LogP contribution < -0.4 is 0 Å². The molecule has 2 aromatic carbocycles. The third-order valence-corrected chi connectivity index (χ3v) is 3.62. The maximum absolute atomic E-state index is 4.75. The fraction of sp³-hybridized carbons (Fsp3) is 0.0588. The summed E-state index contributed by atoms with van der Waals surface area (Å²) in [7, 11) is 0. The number of hydrogen-bond acceptors (Lipinski definition) is 2. The molecule has 0 aliphatic carbocycles. The quantitative estimate of drug-likeness (QED) is 0.559. The first-order chi connectivity index (χ1) is 9.83. The Bertz CT molecular complexity index is 916. The highest BCUT2D eigenvalue weighted by atomic mass is 14.9. The van der Waals surface area contributed by atoms with Gasteiger partial charge in [-0.05, 0) is 30.7 Å². The van der Waals surface area contributed by atoms with E-state index in [1.54, 1.807) is 0 Å². The van der Waals surface area contributed by atoms with Gasteiger partial charge in [0.25, 0.3) is 0 Å². The number of para-hydroxylation sites is 1. The van der Waals surface area contributed by atoms with E-state index in [1.165, 1.54) is 5.56 Å². The van der Waals surface area contributed by atoms with Gasteiger partial charge in [0.15, 0.2) is 0 Å². The van der Waals surface area contributed by atoms with Gasteiger partial charge in [-0.3, -0.25) is 4.98 Å². The van der Waals surface area contributed by atoms with Crippen LogP contribution in [-0.2, 0) is 0 Å². The predicted octanol–water partition coefficient (Wildman–Crippen LogP) is 4.09. The van der Waals surface area contributed by atoms with E-state index in [0.29, 0.717) is 0 Å². The number of nitrogens with one attached hydrogen (secondary N) is 1. The summed E-state index contributed by atoms with van der Waals surface area (Å²) in [5, 5.41) is 1.12. The molecule has 0 aliphatic rings. The second-order valence-electron chi connectivity index (χ2n) is 4.93. The number of hydrogen-bond donors (Lipinski definition) is 1. The summed E-state index contributed by atoms with van der Waals surface area (Å²) in [6.07, 6.45) is 1.81. The monoisotopic (exact) mass is 259 g/mol. The zero-order valence-electron chi connectivity index (χ0n) is 11.1. The standard InChI is InChI=1S/C17H13N3/c1-11-5-2-9-15-16(11)20-17(19-15)13-6-3-8-14-12(13)7-4-10-18-14/h2-10H,1H3,(H,19,20). The van der Waals surface area contributed by atoms with Crippen molar-refractivity contribution in [2.75, 3.05) is 0 Å². The molecule has 0 radical (unpaired) electrons. The Morgan fingerprint density at radius 1 is 0.950 bits per heavy atom. The lowest BCUT2D eigenvalue weighted by molar-refractivity contribution is 1.33. The van der Waals surface area contributed by atoms with Crippen LogP contribution in [0.25, 0.3) is 33.3 Å². The third-order valence-electron chi connectivity index (χ3n) is 3.62. The first-order valence-electron chi connectivity index (χ1n) is 6.62. The number of aromatic amines is 1. The molecule has 0 bridgehead atoms. The van der Waals surface area contributed by atoms with Crippen molar-refractivity contribution < 1.29 is 0 Å². The van der Waals surface area contributed by atoms with Crippen molar-refractivity contribution in [3.8, 4) is 11.4 Å². The van der Waals surface area contributed by atoms with Gasteiger partial charge in [-0.2, -0.15) is 0 Å². The fourth-order valence-corrected chi connectivity index (χ4v) is 2.61. The lowest BCUT2D eigenvalue weighted by atomic mass is 10.1. The van der Waals surface area contributed by atoms with Crippen molar-refractivity contribution in [2.24, 2.45) is 0 Å². The maximum atomic E-state index is 4.75. The van der Waals surface area contributed by atoms with Crippen molar-refractivity contribution in [1.82, 2.24) is 15.0 Å². The Morgan fingerprint density at radius 3 is 2.75 bits per heavy atom. The lowest BCUT2D eigenvalue weighted by Gasteiger charge is -2.02. The number of aromatic nitrogens is 3. The van der Waals surface area contributed by atoms with E-state index in [2.05, 4.69) is 41.2 Å². The van der Waals surface area contributed by atoms with Crippen molar-refractivity contribution in [2.45, 2.75) is 6.92 Å². The zero-order chi connectivity index (χ0) is 13.5. The number of rotatable bonds is 1. The molecule has 96 valence electrons. The molecule has 0 fully saturated rings. The maximum Gasteiger partial charge on any atom is 0.139 e. The van der Waals surface area contributed by atoms with Crippen LogP contribution in [0.3, 0.4) is 0 Å². The van der Waals surface area contributed by atoms with Gasteiger partial charge in [-0.25, -0.2) is 4.98 Å². The second-order valence-corrected chi connectivity index (χ2v) is 4.93. The Kier molecular flexibility index (Phi) is 2.33. The normalized spacial score (nSPS) is 11.2. The van der Waals surface area contributed by atoms with Gasteiger partial charge in [0, 0.05) is 17.1 Å². The van der Waals surface area contributed by atoms with Crippen LogP contribution in [-0.4, -0.2) is 15.0 Å². The van der Waals surface area contributed by atoms with E-state index >= 15 is 0 Å². The molecule has 1 N–H and O–H groups in total. The molecule has 4 rings (SSSR count). The van der Waals surface area contributed by atoms with E-state index in [-0.39, 0.29) is 0 Å². The van der Waals surface area contributed by atoms with E-state index in [1.807, 2.05) is 30.5 Å².